The van der Waals surface area contributed by atoms with Crippen LogP contribution in [0.2, 0.25) is 0 Å². The molecule has 0 aromatic heterocycles. The molecule has 0 saturated heterocycles. The summed E-state index contributed by atoms with van der Waals surface area (Å²) in [5.74, 6) is -1.27. The summed E-state index contributed by atoms with van der Waals surface area (Å²) in [7, 11) is 0.237. The number of hydrogen-bond acceptors (Lipinski definition) is 7. The Morgan fingerprint density at radius 2 is 1.62 bits per heavy atom. The molecule has 202 valence electrons. The lowest BCUT2D eigenvalue weighted by atomic mass is 10.0. The number of nitrogens with zero attached hydrogens (tertiary/aromatic N) is 1. The maximum Gasteiger partial charge on any atom is 0.245 e. The molecule has 4 atom stereocenters. The average molecular weight is 533 g/mol. The van der Waals surface area contributed by atoms with Gasteiger partial charge in [-0.25, -0.2) is 0 Å². The number of aliphatic hydroxyl groups is 1. The first-order valence-corrected chi connectivity index (χ1v) is 13.6. The fourth-order valence-electron chi connectivity index (χ4n) is 3.69. The maximum absolute atomic E-state index is 13.1. The van der Waals surface area contributed by atoms with Gasteiger partial charge in [0, 0.05) is 29.9 Å². The molecule has 2 rings (SSSR count). The van der Waals surface area contributed by atoms with Crippen LogP contribution < -0.4 is 16.4 Å². The van der Waals surface area contributed by atoms with Crippen LogP contribution in [0.15, 0.2) is 54.6 Å². The molecule has 0 aliphatic heterocycles. The minimum absolute atomic E-state index is 0.0949. The van der Waals surface area contributed by atoms with E-state index >= 15 is 0 Å². The average Bonchev–Trinajstić information content (AvgIpc) is 2.87. The Hall–Kier alpha value is -3.28. The molecule has 0 heterocycles. The number of benzene rings is 2. The fourth-order valence-corrected chi connectivity index (χ4v) is 4.26. The van der Waals surface area contributed by atoms with E-state index in [-0.39, 0.29) is 37.5 Å². The van der Waals surface area contributed by atoms with Crippen LogP contribution >= 0.6 is 0 Å². The van der Waals surface area contributed by atoms with Crippen LogP contribution in [0, 0.1) is 0 Å². The minimum atomic E-state index is -1.20. The van der Waals surface area contributed by atoms with Gasteiger partial charge in [0.1, 0.15) is 11.8 Å². The SMILES string of the molecule is CN(CC(=O)N[C@H](CO)Cc1ccccc1)C(=O)[C@H](CCS(C)=O)NC(=O)[C@@H](N)Cc1ccc(O)cc1. The summed E-state index contributed by atoms with van der Waals surface area (Å²) in [6.07, 6.45) is 2.23. The third kappa shape index (κ3) is 10.7. The molecule has 0 radical (unpaired) electrons. The van der Waals surface area contributed by atoms with Crippen LogP contribution in [-0.4, -0.2) is 87.4 Å². The molecule has 3 amide bonds. The summed E-state index contributed by atoms with van der Waals surface area (Å²) >= 11 is 0. The summed E-state index contributed by atoms with van der Waals surface area (Å²) in [4.78, 5) is 39.6. The number of carbonyl (C=O) groups is 3. The predicted molar refractivity (Wildman–Crippen MR) is 142 cm³/mol. The van der Waals surface area contributed by atoms with E-state index in [9.17, 15) is 28.8 Å². The van der Waals surface area contributed by atoms with Crippen LogP contribution in [0.5, 0.6) is 5.75 Å². The number of hydrogen-bond donors (Lipinski definition) is 5. The van der Waals surface area contributed by atoms with Crippen molar-refractivity contribution in [1.82, 2.24) is 15.5 Å². The number of rotatable bonds is 14. The highest BCUT2D eigenvalue weighted by Gasteiger charge is 2.28. The van der Waals surface area contributed by atoms with Crippen molar-refractivity contribution in [3.8, 4) is 5.75 Å². The van der Waals surface area contributed by atoms with Crippen LogP contribution in [0.4, 0.5) is 0 Å². The largest absolute Gasteiger partial charge is 0.508 e. The van der Waals surface area contributed by atoms with Crippen molar-refractivity contribution >= 4 is 28.5 Å². The zero-order valence-electron chi connectivity index (χ0n) is 21.1. The van der Waals surface area contributed by atoms with E-state index in [2.05, 4.69) is 10.6 Å². The quantitative estimate of drug-likeness (QED) is 0.223. The van der Waals surface area contributed by atoms with Gasteiger partial charge in [-0.3, -0.25) is 18.6 Å². The highest BCUT2D eigenvalue weighted by molar-refractivity contribution is 7.84. The van der Waals surface area contributed by atoms with E-state index in [0.717, 1.165) is 11.1 Å². The molecular weight excluding hydrogens is 496 g/mol. The minimum Gasteiger partial charge on any atom is -0.508 e. The molecular formula is C26H36N4O6S. The maximum atomic E-state index is 13.1. The molecule has 1 unspecified atom stereocenters. The van der Waals surface area contributed by atoms with Crippen LogP contribution in [0.3, 0.4) is 0 Å². The molecule has 0 fully saturated rings. The smallest absolute Gasteiger partial charge is 0.245 e. The highest BCUT2D eigenvalue weighted by atomic mass is 32.2. The second kappa shape index (κ2) is 15.1. The summed E-state index contributed by atoms with van der Waals surface area (Å²) in [6.45, 7) is -0.552. The number of carbonyl (C=O) groups excluding carboxylic acids is 3. The molecule has 10 nitrogen and oxygen atoms in total. The lowest BCUT2D eigenvalue weighted by molar-refractivity contribution is -0.138. The first-order chi connectivity index (χ1) is 17.6. The lowest BCUT2D eigenvalue weighted by Gasteiger charge is -2.26. The molecule has 0 saturated carbocycles. The van der Waals surface area contributed by atoms with E-state index in [0.29, 0.717) is 6.42 Å². The number of phenolic OH excluding ortho intramolecular Hbond substituents is 1. The molecule has 11 heteroatoms. The van der Waals surface area contributed by atoms with Gasteiger partial charge in [-0.15, -0.1) is 0 Å². The van der Waals surface area contributed by atoms with Crippen molar-refractivity contribution in [3.63, 3.8) is 0 Å². The third-order valence-corrected chi connectivity index (χ3v) is 6.52. The van der Waals surface area contributed by atoms with Crippen molar-refractivity contribution in [3.05, 3.63) is 65.7 Å². The van der Waals surface area contributed by atoms with Gasteiger partial charge in [0.05, 0.1) is 25.2 Å². The second-order valence-corrected chi connectivity index (χ2v) is 10.5. The number of aliphatic hydroxyl groups excluding tert-OH is 1. The van der Waals surface area contributed by atoms with Crippen LogP contribution in [0.1, 0.15) is 17.5 Å². The highest BCUT2D eigenvalue weighted by Crippen LogP contribution is 2.11. The number of nitrogens with one attached hydrogen (secondary N) is 2. The summed E-state index contributed by atoms with van der Waals surface area (Å²) < 4.78 is 11.7. The Kier molecular flexibility index (Phi) is 12.2. The summed E-state index contributed by atoms with van der Waals surface area (Å²) in [5.41, 5.74) is 7.72. The van der Waals surface area contributed by atoms with Crippen molar-refractivity contribution in [2.75, 3.05) is 32.2 Å². The Labute approximate surface area is 219 Å². The molecule has 6 N–H and O–H groups in total. The Morgan fingerprint density at radius 3 is 2.22 bits per heavy atom. The van der Waals surface area contributed by atoms with Crippen LogP contribution in [0.25, 0.3) is 0 Å². The number of nitrogens with two attached hydrogens (primary N) is 1. The van der Waals surface area contributed by atoms with Gasteiger partial charge < -0.3 is 31.5 Å². The third-order valence-electron chi connectivity index (χ3n) is 5.70. The van der Waals surface area contributed by atoms with Gasteiger partial charge in [0.2, 0.25) is 17.7 Å². The van der Waals surface area contributed by atoms with E-state index in [1.807, 2.05) is 30.3 Å². The van der Waals surface area contributed by atoms with Crippen molar-refractivity contribution in [2.24, 2.45) is 5.73 Å². The van der Waals surface area contributed by atoms with Gasteiger partial charge in [0.25, 0.3) is 0 Å². The topological polar surface area (TPSA) is 162 Å². The van der Waals surface area contributed by atoms with Gasteiger partial charge in [-0.2, -0.15) is 0 Å². The van der Waals surface area contributed by atoms with E-state index in [4.69, 9.17) is 5.73 Å². The zero-order valence-corrected chi connectivity index (χ0v) is 21.9. The second-order valence-electron chi connectivity index (χ2n) is 8.94. The van der Waals surface area contributed by atoms with Crippen molar-refractivity contribution in [1.29, 1.82) is 0 Å². The first kappa shape index (κ1) is 29.9. The zero-order chi connectivity index (χ0) is 27.4. The Balaban J connectivity index is 1.97. The monoisotopic (exact) mass is 532 g/mol. The Bertz CT molecular complexity index is 1050. The number of phenols is 1. The first-order valence-electron chi connectivity index (χ1n) is 11.9. The predicted octanol–water partition coefficient (Wildman–Crippen LogP) is -0.306. The summed E-state index contributed by atoms with van der Waals surface area (Å²) in [5, 5.41) is 24.4. The number of aromatic hydroxyl groups is 1. The van der Waals surface area contributed by atoms with Crippen molar-refractivity contribution in [2.45, 2.75) is 37.4 Å². The van der Waals surface area contributed by atoms with Gasteiger partial charge >= 0.3 is 0 Å². The molecule has 0 spiro atoms. The molecule has 2 aromatic rings. The van der Waals surface area contributed by atoms with E-state index in [1.165, 1.54) is 30.3 Å². The molecule has 0 aliphatic carbocycles. The molecule has 37 heavy (non-hydrogen) atoms. The van der Waals surface area contributed by atoms with E-state index < -0.39 is 46.6 Å². The van der Waals surface area contributed by atoms with Gasteiger partial charge in [-0.05, 0) is 42.5 Å². The molecule has 0 bridgehead atoms. The van der Waals surface area contributed by atoms with Crippen LogP contribution in [-0.2, 0) is 38.0 Å². The number of amides is 3. The standard InChI is InChI=1S/C26H36N4O6S/c1-30(16-24(33)28-20(17-31)14-18-6-4-3-5-7-18)26(35)23(12-13-37(2)36)29-25(34)22(27)15-19-8-10-21(32)11-9-19/h3-11,20,22-23,31-32H,12-17,27H2,1-2H3,(H,28,33)(H,29,34)/t20-,22-,23-,37?/m0/s1. The fraction of sp³-hybridized carbons (Fsp3) is 0.423. The van der Waals surface area contributed by atoms with E-state index in [1.54, 1.807) is 12.1 Å². The lowest BCUT2D eigenvalue weighted by Crippen LogP contribution is -2.54. The molecule has 0 aliphatic rings. The Morgan fingerprint density at radius 1 is 1.00 bits per heavy atom. The number of likely N-dealkylation sites (N-methyl/N-ethyl adjacent to an activating group) is 1. The van der Waals surface area contributed by atoms with Gasteiger partial charge in [-0.1, -0.05) is 42.5 Å². The molecule has 2 aromatic carbocycles. The van der Waals surface area contributed by atoms with Crippen molar-refractivity contribution < 1.29 is 28.8 Å². The summed E-state index contributed by atoms with van der Waals surface area (Å²) in [6, 6.07) is 13.2. The normalized spacial score (nSPS) is 14.2. The van der Waals surface area contributed by atoms with Gasteiger partial charge in [0.15, 0.2) is 0 Å².